The molecule has 1 atom stereocenters. The second kappa shape index (κ2) is 6.33. The lowest BCUT2D eigenvalue weighted by Crippen LogP contribution is -2.04. The van der Waals surface area contributed by atoms with Gasteiger partial charge in [0.25, 0.3) is 0 Å². The van der Waals surface area contributed by atoms with Crippen LogP contribution in [0.25, 0.3) is 0 Å². The Morgan fingerprint density at radius 1 is 1.15 bits per heavy atom. The van der Waals surface area contributed by atoms with Gasteiger partial charge in [-0.2, -0.15) is 0 Å². The van der Waals surface area contributed by atoms with Crippen LogP contribution in [0.15, 0.2) is 40.9 Å². The molecule has 0 radical (unpaired) electrons. The Morgan fingerprint density at radius 3 is 2.45 bits per heavy atom. The molecule has 0 aliphatic heterocycles. The van der Waals surface area contributed by atoms with E-state index in [-0.39, 0.29) is 5.75 Å². The number of rotatable bonds is 4. The zero-order chi connectivity index (χ0) is 14.7. The van der Waals surface area contributed by atoms with Gasteiger partial charge in [0.1, 0.15) is 11.6 Å². The number of ether oxygens (including phenoxy) is 1. The Labute approximate surface area is 124 Å². The summed E-state index contributed by atoms with van der Waals surface area (Å²) in [6, 6.07) is 8.39. The maximum Gasteiger partial charge on any atom is 0.168 e. The first kappa shape index (κ1) is 14.9. The highest BCUT2D eigenvalue weighted by atomic mass is 79.9. The summed E-state index contributed by atoms with van der Waals surface area (Å²) in [6.07, 6.45) is 0.0762. The molecule has 0 amide bonds. The summed E-state index contributed by atoms with van der Waals surface area (Å²) in [5.41, 5.74) is 0.929. The largest absolute Gasteiger partial charge is 0.453 e. The van der Waals surface area contributed by atoms with Crippen LogP contribution in [0.4, 0.5) is 8.78 Å². The average Bonchev–Trinajstić information content (AvgIpc) is 2.34. The van der Waals surface area contributed by atoms with Gasteiger partial charge in [-0.25, -0.2) is 8.78 Å². The quantitative estimate of drug-likeness (QED) is 0.889. The molecule has 2 aromatic rings. The van der Waals surface area contributed by atoms with Crippen LogP contribution >= 0.6 is 15.9 Å². The van der Waals surface area contributed by atoms with Crippen molar-refractivity contribution in [1.82, 2.24) is 0 Å². The Kier molecular flexibility index (Phi) is 4.73. The lowest BCUT2D eigenvalue weighted by molar-refractivity contribution is 0.195. The molecular formula is C15H13BrF2O2. The van der Waals surface area contributed by atoms with Crippen LogP contribution in [0.1, 0.15) is 12.5 Å². The number of aliphatic hydroxyl groups is 1. The summed E-state index contributed by atoms with van der Waals surface area (Å²) in [6.45, 7) is 1.70. The predicted molar refractivity (Wildman–Crippen MR) is 76.0 cm³/mol. The van der Waals surface area contributed by atoms with Gasteiger partial charge in [-0.05, 0) is 59.1 Å². The lowest BCUT2D eigenvalue weighted by Gasteiger charge is -2.11. The zero-order valence-electron chi connectivity index (χ0n) is 10.7. The minimum absolute atomic E-state index is 0.0459. The predicted octanol–water partition coefficient (Wildman–Crippen LogP) is 4.44. The molecular weight excluding hydrogens is 330 g/mol. The van der Waals surface area contributed by atoms with Crippen LogP contribution < -0.4 is 4.74 Å². The van der Waals surface area contributed by atoms with E-state index in [0.29, 0.717) is 16.6 Å². The monoisotopic (exact) mass is 342 g/mol. The molecule has 0 bridgehead atoms. The minimum atomic E-state index is -0.759. The van der Waals surface area contributed by atoms with Crippen LogP contribution in [0.5, 0.6) is 11.5 Å². The third-order valence-corrected chi connectivity index (χ3v) is 3.26. The first-order valence-corrected chi connectivity index (χ1v) is 6.84. The Bertz CT molecular complexity index is 615. The molecule has 0 aliphatic carbocycles. The maximum atomic E-state index is 13.5. The molecule has 0 heterocycles. The molecule has 1 N–H and O–H groups in total. The van der Waals surface area contributed by atoms with Crippen molar-refractivity contribution in [3.05, 3.63) is 58.1 Å². The Morgan fingerprint density at radius 2 is 1.85 bits per heavy atom. The van der Waals surface area contributed by atoms with Gasteiger partial charge in [0.05, 0.1) is 10.6 Å². The first-order chi connectivity index (χ1) is 9.45. The third-order valence-electron chi connectivity index (χ3n) is 2.64. The van der Waals surface area contributed by atoms with E-state index in [2.05, 4.69) is 15.9 Å². The first-order valence-electron chi connectivity index (χ1n) is 6.05. The fourth-order valence-corrected chi connectivity index (χ4v) is 2.28. The molecule has 2 rings (SSSR count). The minimum Gasteiger partial charge on any atom is -0.453 e. The van der Waals surface area contributed by atoms with Gasteiger partial charge in [0.2, 0.25) is 0 Å². The van der Waals surface area contributed by atoms with E-state index in [1.165, 1.54) is 6.07 Å². The van der Waals surface area contributed by atoms with Gasteiger partial charge in [0.15, 0.2) is 11.6 Å². The molecule has 0 aliphatic rings. The second-order valence-corrected chi connectivity index (χ2v) is 5.35. The van der Waals surface area contributed by atoms with Crippen LogP contribution in [0.3, 0.4) is 0 Å². The van der Waals surface area contributed by atoms with E-state index in [1.54, 1.807) is 25.1 Å². The molecule has 0 saturated heterocycles. The summed E-state index contributed by atoms with van der Waals surface area (Å²) in [7, 11) is 0. The van der Waals surface area contributed by atoms with E-state index < -0.39 is 17.7 Å². The normalized spacial score (nSPS) is 12.2. The topological polar surface area (TPSA) is 29.5 Å². The molecule has 0 saturated carbocycles. The zero-order valence-corrected chi connectivity index (χ0v) is 12.3. The second-order valence-electron chi connectivity index (χ2n) is 4.49. The molecule has 0 fully saturated rings. The highest BCUT2D eigenvalue weighted by molar-refractivity contribution is 9.10. The van der Waals surface area contributed by atoms with E-state index in [4.69, 9.17) is 4.74 Å². The summed E-state index contributed by atoms with van der Waals surface area (Å²) in [5.74, 6) is -1.04. The Balaban J connectivity index is 2.21. The molecule has 1 unspecified atom stereocenters. The van der Waals surface area contributed by atoms with E-state index >= 15 is 0 Å². The van der Waals surface area contributed by atoms with Crippen molar-refractivity contribution in [3.63, 3.8) is 0 Å². The Hall–Kier alpha value is -1.46. The van der Waals surface area contributed by atoms with Gasteiger partial charge >= 0.3 is 0 Å². The summed E-state index contributed by atoms with van der Waals surface area (Å²) in [4.78, 5) is 0. The highest BCUT2D eigenvalue weighted by Gasteiger charge is 2.10. The van der Waals surface area contributed by atoms with Crippen molar-refractivity contribution in [1.29, 1.82) is 0 Å². The van der Waals surface area contributed by atoms with Gasteiger partial charge in [-0.3, -0.25) is 0 Å². The van der Waals surface area contributed by atoms with Gasteiger partial charge in [-0.15, -0.1) is 0 Å². The van der Waals surface area contributed by atoms with Crippen LogP contribution in [0, 0.1) is 11.6 Å². The highest BCUT2D eigenvalue weighted by Crippen LogP contribution is 2.32. The fraction of sp³-hybridized carbons (Fsp3) is 0.200. The van der Waals surface area contributed by atoms with Gasteiger partial charge in [-0.1, -0.05) is 6.07 Å². The van der Waals surface area contributed by atoms with E-state index in [1.807, 2.05) is 0 Å². The average molecular weight is 343 g/mol. The molecule has 2 nitrogen and oxygen atoms in total. The molecule has 0 spiro atoms. The van der Waals surface area contributed by atoms with E-state index in [0.717, 1.165) is 17.7 Å². The summed E-state index contributed by atoms with van der Waals surface area (Å²) >= 11 is 3.33. The van der Waals surface area contributed by atoms with Crippen LogP contribution in [-0.4, -0.2) is 11.2 Å². The lowest BCUT2D eigenvalue weighted by atomic mass is 10.1. The number of hydrogen-bond acceptors (Lipinski definition) is 2. The SMILES string of the molecule is CC(O)Cc1ccc(Oc2ccc(F)cc2F)c(Br)c1. The van der Waals surface area contributed by atoms with E-state index in [9.17, 15) is 13.9 Å². The summed E-state index contributed by atoms with van der Waals surface area (Å²) < 4.78 is 32.4. The van der Waals surface area contributed by atoms with Crippen molar-refractivity contribution >= 4 is 15.9 Å². The van der Waals surface area contributed by atoms with Gasteiger partial charge < -0.3 is 9.84 Å². The smallest absolute Gasteiger partial charge is 0.168 e. The third kappa shape index (κ3) is 3.77. The maximum absolute atomic E-state index is 13.5. The number of aliphatic hydroxyl groups excluding tert-OH is 1. The number of hydrogen-bond donors (Lipinski definition) is 1. The van der Waals surface area contributed by atoms with Crippen molar-refractivity contribution in [2.24, 2.45) is 0 Å². The van der Waals surface area contributed by atoms with Crippen molar-refractivity contribution in [2.75, 3.05) is 0 Å². The van der Waals surface area contributed by atoms with Gasteiger partial charge in [0, 0.05) is 6.07 Å². The standard InChI is InChI=1S/C15H13BrF2O2/c1-9(19)6-10-2-4-14(12(16)7-10)20-15-5-3-11(17)8-13(15)18/h2-5,7-9,19H,6H2,1H3. The van der Waals surface area contributed by atoms with Crippen LogP contribution in [0.2, 0.25) is 0 Å². The molecule has 20 heavy (non-hydrogen) atoms. The fourth-order valence-electron chi connectivity index (χ4n) is 1.77. The molecule has 106 valence electrons. The molecule has 2 aromatic carbocycles. The van der Waals surface area contributed by atoms with Crippen molar-refractivity contribution < 1.29 is 18.6 Å². The molecule has 5 heteroatoms. The number of benzene rings is 2. The van der Waals surface area contributed by atoms with Crippen molar-refractivity contribution in [3.8, 4) is 11.5 Å². The van der Waals surface area contributed by atoms with Crippen molar-refractivity contribution in [2.45, 2.75) is 19.4 Å². The summed E-state index contributed by atoms with van der Waals surface area (Å²) in [5, 5.41) is 9.33. The number of halogens is 3. The molecule has 0 aromatic heterocycles. The van der Waals surface area contributed by atoms with Crippen LogP contribution in [-0.2, 0) is 6.42 Å².